The fourth-order valence-electron chi connectivity index (χ4n) is 2.93. The van der Waals surface area contributed by atoms with E-state index in [1.165, 1.54) is 0 Å². The molecule has 3 aromatic rings. The van der Waals surface area contributed by atoms with E-state index in [0.717, 1.165) is 11.3 Å². The Labute approximate surface area is 139 Å². The number of carbonyl (C=O) groups is 1. The van der Waals surface area contributed by atoms with Crippen molar-refractivity contribution in [2.24, 2.45) is 11.5 Å². The van der Waals surface area contributed by atoms with Crippen LogP contribution >= 0.6 is 0 Å². The maximum atomic E-state index is 13.1. The van der Waals surface area contributed by atoms with E-state index in [-0.39, 0.29) is 0 Å². The van der Waals surface area contributed by atoms with Crippen molar-refractivity contribution in [2.45, 2.75) is 13.1 Å². The number of aromatic nitrogens is 1. The minimum Gasteiger partial charge on any atom is -0.366 e. The van der Waals surface area contributed by atoms with Crippen molar-refractivity contribution < 1.29 is 9.18 Å². The van der Waals surface area contributed by atoms with Gasteiger partial charge in [0.25, 0.3) is 0 Å². The third-order valence-electron chi connectivity index (χ3n) is 3.97. The smallest absolute Gasteiger partial charge is 0.250 e. The Morgan fingerprint density at radius 1 is 1.12 bits per heavy atom. The highest BCUT2D eigenvalue weighted by Crippen LogP contribution is 2.32. The van der Waals surface area contributed by atoms with Gasteiger partial charge in [0.05, 0.1) is 16.8 Å². The summed E-state index contributed by atoms with van der Waals surface area (Å²) in [5, 5.41) is 0.567. The molecule has 0 aliphatic rings. The molecule has 0 fully saturated rings. The number of fused-ring (bicyclic) bond motifs is 1. The molecule has 0 atom stereocenters. The van der Waals surface area contributed by atoms with Crippen LogP contribution in [0.4, 0.5) is 4.39 Å². The van der Waals surface area contributed by atoms with Crippen LogP contribution in [-0.4, -0.2) is 17.4 Å². The molecule has 5 heteroatoms. The first-order chi connectivity index (χ1) is 11.7. The SMILES string of the molecule is NCCc1nc2ccc(CF)cc2c(C(N)=O)c1-c1ccccc1. The van der Waals surface area contributed by atoms with Crippen LogP contribution in [0.15, 0.2) is 48.5 Å². The molecule has 122 valence electrons. The highest BCUT2D eigenvalue weighted by atomic mass is 19.1. The molecule has 0 aliphatic heterocycles. The van der Waals surface area contributed by atoms with Crippen LogP contribution in [0.3, 0.4) is 0 Å². The fourth-order valence-corrected chi connectivity index (χ4v) is 2.93. The monoisotopic (exact) mass is 323 g/mol. The normalized spacial score (nSPS) is 10.9. The lowest BCUT2D eigenvalue weighted by atomic mass is 9.92. The molecule has 1 heterocycles. The Kier molecular flexibility index (Phi) is 4.53. The standard InChI is InChI=1S/C19H18FN3O/c20-11-12-6-7-15-14(10-12)18(19(22)24)17(16(23-15)8-9-21)13-4-2-1-3-5-13/h1-7,10H,8-9,11,21H2,(H2,22,24). The van der Waals surface area contributed by atoms with Crippen molar-refractivity contribution in [1.82, 2.24) is 4.98 Å². The van der Waals surface area contributed by atoms with E-state index in [0.29, 0.717) is 40.6 Å². The zero-order valence-corrected chi connectivity index (χ0v) is 13.1. The number of nitrogens with two attached hydrogens (primary N) is 2. The molecule has 1 amide bonds. The number of carbonyl (C=O) groups excluding carboxylic acids is 1. The van der Waals surface area contributed by atoms with Crippen LogP contribution in [0.1, 0.15) is 21.6 Å². The van der Waals surface area contributed by atoms with E-state index in [1.54, 1.807) is 18.2 Å². The average molecular weight is 323 g/mol. The molecule has 4 nitrogen and oxygen atoms in total. The zero-order chi connectivity index (χ0) is 17.1. The quantitative estimate of drug-likeness (QED) is 0.757. The van der Waals surface area contributed by atoms with Crippen molar-refractivity contribution >= 4 is 16.8 Å². The fraction of sp³-hybridized carbons (Fsp3) is 0.158. The minimum atomic E-state index is -0.612. The lowest BCUT2D eigenvalue weighted by Gasteiger charge is -2.16. The zero-order valence-electron chi connectivity index (χ0n) is 13.1. The van der Waals surface area contributed by atoms with Gasteiger partial charge in [0.1, 0.15) is 6.67 Å². The number of amides is 1. The largest absolute Gasteiger partial charge is 0.366 e. The molecule has 0 saturated carbocycles. The Bertz CT molecular complexity index is 894. The number of hydrogen-bond acceptors (Lipinski definition) is 3. The molecule has 4 N–H and O–H groups in total. The minimum absolute atomic E-state index is 0.366. The van der Waals surface area contributed by atoms with Gasteiger partial charge in [-0.2, -0.15) is 0 Å². The van der Waals surface area contributed by atoms with Crippen molar-refractivity contribution in [2.75, 3.05) is 6.54 Å². The maximum absolute atomic E-state index is 13.1. The van der Waals surface area contributed by atoms with Gasteiger partial charge in [-0.15, -0.1) is 0 Å². The van der Waals surface area contributed by atoms with Crippen LogP contribution in [0.25, 0.3) is 22.0 Å². The number of benzene rings is 2. The Hall–Kier alpha value is -2.79. The molecule has 0 spiro atoms. The predicted molar refractivity (Wildman–Crippen MR) is 93.3 cm³/mol. The van der Waals surface area contributed by atoms with Gasteiger partial charge in [-0.1, -0.05) is 36.4 Å². The summed E-state index contributed by atoms with van der Waals surface area (Å²) in [5.74, 6) is -0.560. The second-order valence-corrected chi connectivity index (χ2v) is 5.56. The number of hydrogen-bond donors (Lipinski definition) is 2. The summed E-state index contributed by atoms with van der Waals surface area (Å²) in [5.41, 5.74) is 15.1. The van der Waals surface area contributed by atoms with Crippen LogP contribution in [0.5, 0.6) is 0 Å². The number of rotatable bonds is 5. The Balaban J connectivity index is 2.43. The topological polar surface area (TPSA) is 82.0 Å². The summed E-state index contributed by atoms with van der Waals surface area (Å²) in [6.07, 6.45) is 0.519. The van der Waals surface area contributed by atoms with Crippen LogP contribution in [0.2, 0.25) is 0 Å². The second-order valence-electron chi connectivity index (χ2n) is 5.56. The summed E-state index contributed by atoms with van der Waals surface area (Å²) >= 11 is 0. The first kappa shape index (κ1) is 16.1. The van der Waals surface area contributed by atoms with Crippen molar-refractivity contribution in [1.29, 1.82) is 0 Å². The molecule has 0 bridgehead atoms. The van der Waals surface area contributed by atoms with E-state index in [9.17, 15) is 9.18 Å². The van der Waals surface area contributed by atoms with Gasteiger partial charge in [-0.05, 0) is 29.8 Å². The number of primary amides is 1. The highest BCUT2D eigenvalue weighted by molar-refractivity contribution is 6.11. The molecule has 3 rings (SSSR count). The van der Waals surface area contributed by atoms with E-state index in [2.05, 4.69) is 4.98 Å². The van der Waals surface area contributed by atoms with Crippen molar-refractivity contribution in [3.63, 3.8) is 0 Å². The molecule has 1 aromatic heterocycles. The third kappa shape index (κ3) is 2.86. The molecule has 0 radical (unpaired) electrons. The molecule has 0 aliphatic carbocycles. The molecule has 24 heavy (non-hydrogen) atoms. The van der Waals surface area contributed by atoms with E-state index >= 15 is 0 Å². The molecular weight excluding hydrogens is 305 g/mol. The molecule has 0 saturated heterocycles. The summed E-state index contributed by atoms with van der Waals surface area (Å²) in [6, 6.07) is 14.5. The first-order valence-electron chi connectivity index (χ1n) is 7.72. The predicted octanol–water partition coefficient (Wildman–Crippen LogP) is 2.97. The lowest BCUT2D eigenvalue weighted by Crippen LogP contribution is -2.17. The number of halogens is 1. The first-order valence-corrected chi connectivity index (χ1v) is 7.72. The maximum Gasteiger partial charge on any atom is 0.250 e. The summed E-state index contributed by atoms with van der Waals surface area (Å²) in [4.78, 5) is 16.9. The number of nitrogens with zero attached hydrogens (tertiary/aromatic N) is 1. The number of alkyl halides is 1. The Morgan fingerprint density at radius 2 is 1.88 bits per heavy atom. The molecular formula is C19H18FN3O. The van der Waals surface area contributed by atoms with Gasteiger partial charge in [0.15, 0.2) is 0 Å². The van der Waals surface area contributed by atoms with E-state index < -0.39 is 12.6 Å². The van der Waals surface area contributed by atoms with Crippen LogP contribution in [-0.2, 0) is 13.1 Å². The lowest BCUT2D eigenvalue weighted by molar-refractivity contribution is 0.100. The van der Waals surface area contributed by atoms with Crippen LogP contribution in [0, 0.1) is 0 Å². The summed E-state index contributed by atoms with van der Waals surface area (Å²) in [7, 11) is 0. The Morgan fingerprint density at radius 3 is 2.50 bits per heavy atom. The summed E-state index contributed by atoms with van der Waals surface area (Å²) < 4.78 is 13.1. The van der Waals surface area contributed by atoms with E-state index in [4.69, 9.17) is 11.5 Å². The second kappa shape index (κ2) is 6.76. The van der Waals surface area contributed by atoms with Gasteiger partial charge >= 0.3 is 0 Å². The van der Waals surface area contributed by atoms with Gasteiger partial charge in [0, 0.05) is 17.4 Å². The van der Waals surface area contributed by atoms with Gasteiger partial charge in [-0.3, -0.25) is 9.78 Å². The third-order valence-corrected chi connectivity index (χ3v) is 3.97. The molecule has 0 unspecified atom stereocenters. The van der Waals surface area contributed by atoms with Gasteiger partial charge in [-0.25, -0.2) is 4.39 Å². The average Bonchev–Trinajstić information content (AvgIpc) is 2.61. The highest BCUT2D eigenvalue weighted by Gasteiger charge is 2.20. The van der Waals surface area contributed by atoms with Gasteiger partial charge in [0.2, 0.25) is 5.91 Å². The van der Waals surface area contributed by atoms with Crippen molar-refractivity contribution in [3.05, 3.63) is 65.4 Å². The summed E-state index contributed by atoms with van der Waals surface area (Å²) in [6.45, 7) is -0.210. The van der Waals surface area contributed by atoms with Crippen molar-refractivity contribution in [3.8, 4) is 11.1 Å². The van der Waals surface area contributed by atoms with E-state index in [1.807, 2.05) is 30.3 Å². The van der Waals surface area contributed by atoms with Crippen LogP contribution < -0.4 is 11.5 Å². The number of pyridine rings is 1. The van der Waals surface area contributed by atoms with Gasteiger partial charge < -0.3 is 11.5 Å². The molecule has 2 aromatic carbocycles.